The van der Waals surface area contributed by atoms with Gasteiger partial charge < -0.3 is 0 Å². The molecule has 0 spiro atoms. The fraction of sp³-hybridized carbons (Fsp3) is 0.500. The van der Waals surface area contributed by atoms with E-state index in [1.165, 1.54) is 24.8 Å². The first-order valence-electron chi connectivity index (χ1n) is 5.14. The van der Waals surface area contributed by atoms with Gasteiger partial charge in [0.05, 0.1) is 0 Å². The van der Waals surface area contributed by atoms with Gasteiger partial charge in [-0.2, -0.15) is 0 Å². The summed E-state index contributed by atoms with van der Waals surface area (Å²) in [5, 5.41) is 0. The first-order valence-corrected chi connectivity index (χ1v) is 6.85. The van der Waals surface area contributed by atoms with Gasteiger partial charge >= 0.3 is 0 Å². The molecule has 0 amide bonds. The molecule has 0 N–H and O–H groups in total. The Morgan fingerprint density at radius 2 is 1.86 bits per heavy atom. The fourth-order valence-electron chi connectivity index (χ4n) is 1.81. The Morgan fingerprint density at radius 1 is 1.21 bits per heavy atom. The Kier molecular flexibility index (Phi) is 3.67. The van der Waals surface area contributed by atoms with Crippen molar-refractivity contribution in [3.05, 3.63) is 34.3 Å². The maximum atomic E-state index is 3.80. The molecule has 1 aromatic carbocycles. The van der Waals surface area contributed by atoms with Crippen LogP contribution < -0.4 is 0 Å². The van der Waals surface area contributed by atoms with Crippen LogP contribution in [0.5, 0.6) is 0 Å². The van der Waals surface area contributed by atoms with Gasteiger partial charge in [-0.3, -0.25) is 0 Å². The number of benzene rings is 1. The van der Waals surface area contributed by atoms with Gasteiger partial charge in [-0.15, -0.1) is 0 Å². The Hall–Kier alpha value is 0.180. The summed E-state index contributed by atoms with van der Waals surface area (Å²) >= 11 is 7.25. The summed E-state index contributed by atoms with van der Waals surface area (Å²) < 4.78 is 1.16. The second-order valence-electron chi connectivity index (χ2n) is 4.04. The van der Waals surface area contributed by atoms with Crippen molar-refractivity contribution >= 4 is 31.9 Å². The van der Waals surface area contributed by atoms with Gasteiger partial charge in [-0.25, -0.2) is 0 Å². The zero-order valence-corrected chi connectivity index (χ0v) is 11.2. The highest BCUT2D eigenvalue weighted by molar-refractivity contribution is 9.10. The molecule has 0 saturated heterocycles. The number of alkyl halides is 1. The highest BCUT2D eigenvalue weighted by atomic mass is 79.9. The third-order valence-electron chi connectivity index (χ3n) is 3.01. The Bertz CT molecular complexity index is 288. The van der Waals surface area contributed by atoms with E-state index >= 15 is 0 Å². The Balaban J connectivity index is 1.92. The predicted octanol–water partition coefficient (Wildman–Crippen LogP) is 4.56. The number of rotatable bonds is 3. The van der Waals surface area contributed by atoms with Crippen molar-refractivity contribution in [2.24, 2.45) is 5.92 Å². The lowest BCUT2D eigenvalue weighted by Gasteiger charge is -2.30. The van der Waals surface area contributed by atoms with Crippen LogP contribution in [-0.4, -0.2) is 4.83 Å². The first kappa shape index (κ1) is 10.7. The van der Waals surface area contributed by atoms with Gasteiger partial charge in [0.2, 0.25) is 0 Å². The van der Waals surface area contributed by atoms with Gasteiger partial charge in [0.15, 0.2) is 0 Å². The van der Waals surface area contributed by atoms with Gasteiger partial charge in [0.1, 0.15) is 0 Å². The zero-order valence-electron chi connectivity index (χ0n) is 8.05. The molecule has 0 aliphatic heterocycles. The topological polar surface area (TPSA) is 0 Å². The van der Waals surface area contributed by atoms with Crippen LogP contribution in [-0.2, 0) is 6.42 Å². The SMILES string of the molecule is Brc1ccc(CC(Br)C2CCC2)cc1. The third-order valence-corrected chi connectivity index (χ3v) is 4.61. The summed E-state index contributed by atoms with van der Waals surface area (Å²) in [6, 6.07) is 8.65. The summed E-state index contributed by atoms with van der Waals surface area (Å²) in [7, 11) is 0. The molecule has 1 aliphatic carbocycles. The number of hydrogen-bond donors (Lipinski definition) is 0. The summed E-state index contributed by atoms with van der Waals surface area (Å²) in [4.78, 5) is 0.678. The Labute approximate surface area is 102 Å². The van der Waals surface area contributed by atoms with Crippen LogP contribution in [0.4, 0.5) is 0 Å². The largest absolute Gasteiger partial charge is 0.0884 e. The van der Waals surface area contributed by atoms with Crippen molar-refractivity contribution in [2.75, 3.05) is 0 Å². The maximum Gasteiger partial charge on any atom is 0.0214 e. The average Bonchev–Trinajstić information content (AvgIpc) is 2.06. The highest BCUT2D eigenvalue weighted by Crippen LogP contribution is 2.35. The Morgan fingerprint density at radius 3 is 2.36 bits per heavy atom. The predicted molar refractivity (Wildman–Crippen MR) is 67.9 cm³/mol. The summed E-state index contributed by atoms with van der Waals surface area (Å²) in [5.41, 5.74) is 1.43. The second kappa shape index (κ2) is 4.80. The van der Waals surface area contributed by atoms with Crippen molar-refractivity contribution in [1.29, 1.82) is 0 Å². The molecule has 0 radical (unpaired) electrons. The molecule has 2 heteroatoms. The smallest absolute Gasteiger partial charge is 0.0214 e. The average molecular weight is 318 g/mol. The van der Waals surface area contributed by atoms with E-state index in [0.29, 0.717) is 4.83 Å². The number of halogens is 2. The van der Waals surface area contributed by atoms with Gasteiger partial charge in [-0.1, -0.05) is 50.4 Å². The van der Waals surface area contributed by atoms with Crippen LogP contribution in [0.1, 0.15) is 24.8 Å². The van der Waals surface area contributed by atoms with Crippen LogP contribution in [0.15, 0.2) is 28.7 Å². The monoisotopic (exact) mass is 316 g/mol. The third kappa shape index (κ3) is 2.60. The molecule has 76 valence electrons. The molecule has 1 atom stereocenters. The molecule has 1 unspecified atom stereocenters. The van der Waals surface area contributed by atoms with Crippen molar-refractivity contribution in [3.63, 3.8) is 0 Å². The molecule has 0 bridgehead atoms. The van der Waals surface area contributed by atoms with Gasteiger partial charge in [0.25, 0.3) is 0 Å². The van der Waals surface area contributed by atoms with E-state index in [9.17, 15) is 0 Å². The van der Waals surface area contributed by atoms with E-state index in [4.69, 9.17) is 0 Å². The zero-order chi connectivity index (χ0) is 9.97. The molecule has 14 heavy (non-hydrogen) atoms. The standard InChI is InChI=1S/C12H14Br2/c13-11-6-4-9(5-7-11)8-12(14)10-2-1-3-10/h4-7,10,12H,1-3,8H2. The van der Waals surface area contributed by atoms with Crippen LogP contribution in [0.25, 0.3) is 0 Å². The van der Waals surface area contributed by atoms with Crippen LogP contribution >= 0.6 is 31.9 Å². The van der Waals surface area contributed by atoms with Crippen molar-refractivity contribution in [3.8, 4) is 0 Å². The molecule has 1 aromatic rings. The van der Waals surface area contributed by atoms with Gasteiger partial charge in [0, 0.05) is 9.30 Å². The van der Waals surface area contributed by atoms with E-state index < -0.39 is 0 Å². The molecule has 1 saturated carbocycles. The molecule has 1 aliphatic rings. The van der Waals surface area contributed by atoms with E-state index in [0.717, 1.165) is 16.8 Å². The molecule has 0 nitrogen and oxygen atoms in total. The van der Waals surface area contributed by atoms with E-state index in [-0.39, 0.29) is 0 Å². The second-order valence-corrected chi connectivity index (χ2v) is 6.13. The molecule has 0 aromatic heterocycles. The van der Waals surface area contributed by atoms with Crippen molar-refractivity contribution in [1.82, 2.24) is 0 Å². The number of hydrogen-bond acceptors (Lipinski definition) is 0. The highest BCUT2D eigenvalue weighted by Gasteiger charge is 2.24. The molecular weight excluding hydrogens is 304 g/mol. The maximum absolute atomic E-state index is 3.80. The minimum absolute atomic E-state index is 0.678. The first-order chi connectivity index (χ1) is 6.75. The minimum atomic E-state index is 0.678. The molecule has 1 fully saturated rings. The summed E-state index contributed by atoms with van der Waals surface area (Å²) in [6.45, 7) is 0. The van der Waals surface area contributed by atoms with E-state index in [2.05, 4.69) is 56.1 Å². The lowest BCUT2D eigenvalue weighted by atomic mass is 9.81. The summed E-state index contributed by atoms with van der Waals surface area (Å²) in [6.07, 6.45) is 5.41. The van der Waals surface area contributed by atoms with Crippen LogP contribution in [0.2, 0.25) is 0 Å². The quantitative estimate of drug-likeness (QED) is 0.717. The fourth-order valence-corrected chi connectivity index (χ4v) is 2.98. The van der Waals surface area contributed by atoms with E-state index in [1.807, 2.05) is 0 Å². The summed E-state index contributed by atoms with van der Waals surface area (Å²) in [5.74, 6) is 0.915. The van der Waals surface area contributed by atoms with Crippen LogP contribution in [0, 0.1) is 5.92 Å². The molecule has 0 heterocycles. The van der Waals surface area contributed by atoms with Crippen molar-refractivity contribution < 1.29 is 0 Å². The lowest BCUT2D eigenvalue weighted by molar-refractivity contribution is 0.308. The lowest BCUT2D eigenvalue weighted by Crippen LogP contribution is -2.23. The van der Waals surface area contributed by atoms with Gasteiger partial charge in [-0.05, 0) is 42.9 Å². The normalized spacial score (nSPS) is 19.0. The molecule has 2 rings (SSSR count). The minimum Gasteiger partial charge on any atom is -0.0884 e. The molecular formula is C12H14Br2. The van der Waals surface area contributed by atoms with Crippen molar-refractivity contribution in [2.45, 2.75) is 30.5 Å². The van der Waals surface area contributed by atoms with E-state index in [1.54, 1.807) is 0 Å². The van der Waals surface area contributed by atoms with Crippen LogP contribution in [0.3, 0.4) is 0 Å².